The molecule has 2 fully saturated rings. The first-order chi connectivity index (χ1) is 12.5. The zero-order chi connectivity index (χ0) is 20.4. The molecule has 1 heterocycles. The summed E-state index contributed by atoms with van der Waals surface area (Å²) in [5.74, 6) is -0.377. The molecule has 0 aromatic rings. The molecule has 8 heteroatoms. The summed E-state index contributed by atoms with van der Waals surface area (Å²) in [4.78, 5) is 11.9. The van der Waals surface area contributed by atoms with Gasteiger partial charge in [0.15, 0.2) is 6.29 Å². The number of ether oxygens (including phenoxy) is 3. The van der Waals surface area contributed by atoms with Crippen LogP contribution in [0.25, 0.3) is 0 Å². The molecular formula is C19H35NO7. The summed E-state index contributed by atoms with van der Waals surface area (Å²) in [6.45, 7) is 9.01. The minimum absolute atomic E-state index is 0.246. The number of carbonyl (C=O) groups is 1. The van der Waals surface area contributed by atoms with Crippen LogP contribution in [0.3, 0.4) is 0 Å². The van der Waals surface area contributed by atoms with E-state index in [9.17, 15) is 20.1 Å². The van der Waals surface area contributed by atoms with Crippen LogP contribution >= 0.6 is 0 Å². The molecule has 1 aliphatic heterocycles. The molecular weight excluding hydrogens is 354 g/mol. The first-order valence-corrected chi connectivity index (χ1v) is 9.86. The minimum Gasteiger partial charge on any atom is -0.444 e. The zero-order valence-corrected chi connectivity index (χ0v) is 16.9. The highest BCUT2D eigenvalue weighted by atomic mass is 16.7. The average molecular weight is 389 g/mol. The molecule has 2 rings (SSSR count). The lowest BCUT2D eigenvalue weighted by molar-refractivity contribution is -0.293. The predicted octanol–water partition coefficient (Wildman–Crippen LogP) is 1.30. The molecule has 1 amide bonds. The van der Waals surface area contributed by atoms with Crippen LogP contribution in [-0.2, 0) is 14.2 Å². The molecule has 1 saturated heterocycles. The van der Waals surface area contributed by atoms with E-state index >= 15 is 0 Å². The van der Waals surface area contributed by atoms with Gasteiger partial charge < -0.3 is 34.8 Å². The smallest absolute Gasteiger partial charge is 0.407 e. The lowest BCUT2D eigenvalue weighted by atomic mass is 9.89. The molecule has 1 saturated carbocycles. The standard InChI is InChI=1S/C19H35NO7/c1-6-14-16(23)15(22)10(2)17(26-14)25-11-7-8-12(13(21)9-11)20-18(24)27-19(3,4)5/h10-17,21-23H,6-9H2,1-5H3,(H,20,24)/t10?,11?,12-,13-,14-,15-,16-,17+/m1/s1. The van der Waals surface area contributed by atoms with Crippen molar-refractivity contribution in [2.75, 3.05) is 0 Å². The topological polar surface area (TPSA) is 117 Å². The van der Waals surface area contributed by atoms with Crippen molar-refractivity contribution in [3.05, 3.63) is 0 Å². The zero-order valence-electron chi connectivity index (χ0n) is 16.9. The highest BCUT2D eigenvalue weighted by molar-refractivity contribution is 5.68. The van der Waals surface area contributed by atoms with Crippen LogP contribution in [0, 0.1) is 5.92 Å². The summed E-state index contributed by atoms with van der Waals surface area (Å²) >= 11 is 0. The Balaban J connectivity index is 1.86. The summed E-state index contributed by atoms with van der Waals surface area (Å²) in [6, 6.07) is -0.389. The van der Waals surface area contributed by atoms with E-state index in [1.165, 1.54) is 0 Å². The molecule has 8 atom stereocenters. The van der Waals surface area contributed by atoms with Gasteiger partial charge in [-0.05, 0) is 40.0 Å². The van der Waals surface area contributed by atoms with Crippen molar-refractivity contribution >= 4 is 6.09 Å². The fraction of sp³-hybridized carbons (Fsp3) is 0.947. The molecule has 0 bridgehead atoms. The number of amides is 1. The van der Waals surface area contributed by atoms with Crippen LogP contribution in [0.4, 0.5) is 4.79 Å². The van der Waals surface area contributed by atoms with E-state index in [1.807, 2.05) is 6.92 Å². The second kappa shape index (κ2) is 9.05. The number of alkyl carbamates (subject to hydrolysis) is 1. The molecule has 2 aliphatic rings. The van der Waals surface area contributed by atoms with Crippen LogP contribution in [0.15, 0.2) is 0 Å². The molecule has 1 aliphatic carbocycles. The average Bonchev–Trinajstić information content (AvgIpc) is 2.56. The molecule has 0 radical (unpaired) electrons. The van der Waals surface area contributed by atoms with Crippen LogP contribution in [0.2, 0.25) is 0 Å². The Morgan fingerprint density at radius 3 is 2.41 bits per heavy atom. The molecule has 0 aromatic carbocycles. The predicted molar refractivity (Wildman–Crippen MR) is 98.0 cm³/mol. The van der Waals surface area contributed by atoms with Gasteiger partial charge >= 0.3 is 6.09 Å². The third-order valence-corrected chi connectivity index (χ3v) is 5.21. The van der Waals surface area contributed by atoms with E-state index in [1.54, 1.807) is 27.7 Å². The number of hydrogen-bond acceptors (Lipinski definition) is 7. The van der Waals surface area contributed by atoms with E-state index in [0.717, 1.165) is 0 Å². The lowest BCUT2D eigenvalue weighted by Crippen LogP contribution is -2.55. The maximum absolute atomic E-state index is 11.9. The van der Waals surface area contributed by atoms with Crippen LogP contribution in [0.5, 0.6) is 0 Å². The molecule has 2 unspecified atom stereocenters. The van der Waals surface area contributed by atoms with Gasteiger partial charge in [-0.25, -0.2) is 4.79 Å². The fourth-order valence-electron chi connectivity index (χ4n) is 3.61. The SMILES string of the molecule is CC[C@H]1O[C@H](OC2CC[C@@H](NC(=O)OC(C)(C)C)[C@H](O)C2)C(C)[C@@H](O)[C@@H]1O. The Kier molecular flexibility index (Phi) is 7.49. The van der Waals surface area contributed by atoms with E-state index in [-0.39, 0.29) is 18.1 Å². The maximum atomic E-state index is 11.9. The molecule has 0 aromatic heterocycles. The molecule has 158 valence electrons. The largest absolute Gasteiger partial charge is 0.444 e. The number of carbonyl (C=O) groups excluding carboxylic acids is 1. The van der Waals surface area contributed by atoms with E-state index in [2.05, 4.69) is 5.32 Å². The summed E-state index contributed by atoms with van der Waals surface area (Å²) < 4.78 is 17.0. The third-order valence-electron chi connectivity index (χ3n) is 5.21. The Morgan fingerprint density at radius 1 is 1.19 bits per heavy atom. The molecule has 4 N–H and O–H groups in total. The van der Waals surface area contributed by atoms with Crippen LogP contribution in [0.1, 0.15) is 60.3 Å². The fourth-order valence-corrected chi connectivity index (χ4v) is 3.61. The normalized spacial score (nSPS) is 40.4. The summed E-state index contributed by atoms with van der Waals surface area (Å²) in [7, 11) is 0. The van der Waals surface area contributed by atoms with Gasteiger partial charge in [0.25, 0.3) is 0 Å². The third kappa shape index (κ3) is 6.02. The van der Waals surface area contributed by atoms with Crippen molar-refractivity contribution in [3.63, 3.8) is 0 Å². The first-order valence-electron chi connectivity index (χ1n) is 9.86. The van der Waals surface area contributed by atoms with Crippen LogP contribution < -0.4 is 5.32 Å². The molecule has 27 heavy (non-hydrogen) atoms. The van der Waals surface area contributed by atoms with Crippen molar-refractivity contribution in [2.45, 2.75) is 109 Å². The van der Waals surface area contributed by atoms with E-state index in [4.69, 9.17) is 14.2 Å². The number of hydrogen-bond donors (Lipinski definition) is 4. The summed E-state index contributed by atoms with van der Waals surface area (Å²) in [5.41, 5.74) is -0.592. The van der Waals surface area contributed by atoms with Gasteiger partial charge in [0.2, 0.25) is 0 Å². The van der Waals surface area contributed by atoms with E-state index in [0.29, 0.717) is 25.7 Å². The quantitative estimate of drug-likeness (QED) is 0.572. The van der Waals surface area contributed by atoms with Gasteiger partial charge in [-0.2, -0.15) is 0 Å². The highest BCUT2D eigenvalue weighted by Gasteiger charge is 2.43. The van der Waals surface area contributed by atoms with Gasteiger partial charge in [-0.15, -0.1) is 0 Å². The second-order valence-electron chi connectivity index (χ2n) is 8.68. The van der Waals surface area contributed by atoms with Crippen molar-refractivity contribution in [2.24, 2.45) is 5.92 Å². The Labute approximate surface area is 161 Å². The monoisotopic (exact) mass is 389 g/mol. The highest BCUT2D eigenvalue weighted by Crippen LogP contribution is 2.32. The van der Waals surface area contributed by atoms with Crippen molar-refractivity contribution in [3.8, 4) is 0 Å². The Bertz CT molecular complexity index is 493. The first kappa shape index (κ1) is 22.4. The van der Waals surface area contributed by atoms with Gasteiger partial charge in [0.1, 0.15) is 11.7 Å². The van der Waals surface area contributed by atoms with Crippen LogP contribution in [-0.4, -0.2) is 69.9 Å². The number of aliphatic hydroxyl groups is 3. The molecule has 0 spiro atoms. The van der Waals surface area contributed by atoms with Gasteiger partial charge in [0.05, 0.1) is 30.5 Å². The number of aliphatic hydroxyl groups excluding tert-OH is 3. The maximum Gasteiger partial charge on any atom is 0.407 e. The number of nitrogens with one attached hydrogen (secondary N) is 1. The van der Waals surface area contributed by atoms with Crippen molar-refractivity contribution in [1.29, 1.82) is 0 Å². The van der Waals surface area contributed by atoms with Crippen molar-refractivity contribution < 1.29 is 34.3 Å². The summed E-state index contributed by atoms with van der Waals surface area (Å²) in [6.07, 6.45) is -2.39. The second-order valence-corrected chi connectivity index (χ2v) is 8.68. The minimum atomic E-state index is -0.927. The van der Waals surface area contributed by atoms with Gasteiger partial charge in [-0.3, -0.25) is 0 Å². The lowest BCUT2D eigenvalue weighted by Gasteiger charge is -2.43. The Hall–Kier alpha value is -0.930. The molecule has 8 nitrogen and oxygen atoms in total. The Morgan fingerprint density at radius 2 is 1.85 bits per heavy atom. The van der Waals surface area contributed by atoms with Gasteiger partial charge in [0, 0.05) is 12.3 Å². The van der Waals surface area contributed by atoms with Gasteiger partial charge in [-0.1, -0.05) is 13.8 Å². The number of rotatable bonds is 4. The van der Waals surface area contributed by atoms with Crippen molar-refractivity contribution in [1.82, 2.24) is 5.32 Å². The van der Waals surface area contributed by atoms with E-state index < -0.39 is 42.4 Å². The summed E-state index contributed by atoms with van der Waals surface area (Å²) in [5, 5.41) is 33.4.